The van der Waals surface area contributed by atoms with Gasteiger partial charge in [0.05, 0.1) is 7.11 Å². The van der Waals surface area contributed by atoms with Crippen LogP contribution in [0.1, 0.15) is 18.3 Å². The van der Waals surface area contributed by atoms with Gasteiger partial charge in [0.15, 0.2) is 0 Å². The molecule has 0 fully saturated rings. The first-order chi connectivity index (χ1) is 9.95. The predicted octanol–water partition coefficient (Wildman–Crippen LogP) is 2.02. The van der Waals surface area contributed by atoms with E-state index in [0.29, 0.717) is 18.8 Å². The van der Waals surface area contributed by atoms with E-state index in [1.54, 1.807) is 7.11 Å². The Morgan fingerprint density at radius 2 is 1.86 bits per heavy atom. The van der Waals surface area contributed by atoms with Gasteiger partial charge >= 0.3 is 0 Å². The van der Waals surface area contributed by atoms with E-state index in [2.05, 4.69) is 10.2 Å². The summed E-state index contributed by atoms with van der Waals surface area (Å²) < 4.78 is 29.4. The van der Waals surface area contributed by atoms with Crippen LogP contribution in [0.15, 0.2) is 29.4 Å². The maximum Gasteiger partial charge on any atom is 0.296 e. The van der Waals surface area contributed by atoms with Gasteiger partial charge in [-0.05, 0) is 31.0 Å². The topological polar surface area (TPSA) is 74.1 Å². The lowest BCUT2D eigenvalue weighted by Crippen LogP contribution is -2.09. The molecule has 0 saturated carbocycles. The van der Waals surface area contributed by atoms with Crippen LogP contribution in [0.5, 0.6) is 5.75 Å². The first kappa shape index (κ1) is 15.8. The maximum absolute atomic E-state index is 11.4. The fourth-order valence-corrected chi connectivity index (χ4v) is 3.03. The van der Waals surface area contributed by atoms with E-state index in [0.717, 1.165) is 17.7 Å². The molecule has 8 heteroatoms. The smallest absolute Gasteiger partial charge is 0.296 e. The van der Waals surface area contributed by atoms with Gasteiger partial charge in [-0.15, -0.1) is 10.2 Å². The van der Waals surface area contributed by atoms with Crippen LogP contribution in [0.2, 0.25) is 0 Å². The number of methoxy groups -OCH3 is 1. The van der Waals surface area contributed by atoms with E-state index >= 15 is 0 Å². The molecule has 0 atom stereocenters. The average Bonchev–Trinajstić information content (AvgIpc) is 2.88. The lowest BCUT2D eigenvalue weighted by molar-refractivity contribution is 0.414. The van der Waals surface area contributed by atoms with Crippen molar-refractivity contribution in [2.24, 2.45) is 0 Å². The van der Waals surface area contributed by atoms with Crippen LogP contribution < -0.4 is 4.74 Å². The fourth-order valence-electron chi connectivity index (χ4n) is 2.05. The zero-order chi connectivity index (χ0) is 15.5. The van der Waals surface area contributed by atoms with Crippen LogP contribution in [0, 0.1) is 0 Å². The maximum atomic E-state index is 11.4. The van der Waals surface area contributed by atoms with Gasteiger partial charge in [-0.3, -0.25) is 0 Å². The summed E-state index contributed by atoms with van der Waals surface area (Å²) in [6.07, 6.45) is 1.31. The third-order valence-electron chi connectivity index (χ3n) is 3.12. The van der Waals surface area contributed by atoms with Gasteiger partial charge in [0.1, 0.15) is 11.6 Å². The molecule has 0 aliphatic rings. The molecular formula is C13H16ClN3O3S. The van der Waals surface area contributed by atoms with Gasteiger partial charge in [0.25, 0.3) is 14.2 Å². The van der Waals surface area contributed by atoms with E-state index in [1.165, 1.54) is 4.57 Å². The summed E-state index contributed by atoms with van der Waals surface area (Å²) in [6.45, 7) is 2.28. The van der Waals surface area contributed by atoms with Crippen LogP contribution in [-0.2, 0) is 28.4 Å². The molecule has 6 nitrogen and oxygen atoms in total. The molecule has 1 aromatic heterocycles. The monoisotopic (exact) mass is 329 g/mol. The SMILES string of the molecule is CCn1c(CCc2ccc(OC)cc2)nnc1S(=O)(=O)Cl. The van der Waals surface area contributed by atoms with E-state index < -0.39 is 9.05 Å². The molecular weight excluding hydrogens is 314 g/mol. The van der Waals surface area contributed by atoms with Crippen molar-refractivity contribution in [1.82, 2.24) is 14.8 Å². The van der Waals surface area contributed by atoms with Crippen molar-refractivity contribution >= 4 is 19.7 Å². The zero-order valence-corrected chi connectivity index (χ0v) is 13.4. The van der Waals surface area contributed by atoms with Crippen LogP contribution >= 0.6 is 10.7 Å². The Balaban J connectivity index is 2.14. The van der Waals surface area contributed by atoms with Gasteiger partial charge in [-0.1, -0.05) is 12.1 Å². The molecule has 0 amide bonds. The molecule has 2 rings (SSSR count). The number of aryl methyl sites for hydroxylation is 2. The molecule has 1 aromatic carbocycles. The summed E-state index contributed by atoms with van der Waals surface area (Å²) in [6, 6.07) is 7.69. The van der Waals surface area contributed by atoms with E-state index in [-0.39, 0.29) is 5.16 Å². The summed E-state index contributed by atoms with van der Waals surface area (Å²) in [5.41, 5.74) is 1.11. The highest BCUT2D eigenvalue weighted by Gasteiger charge is 2.21. The Morgan fingerprint density at radius 3 is 2.38 bits per heavy atom. The number of ether oxygens (including phenoxy) is 1. The Hall–Kier alpha value is -1.60. The summed E-state index contributed by atoms with van der Waals surface area (Å²) >= 11 is 0. The normalized spacial score (nSPS) is 11.6. The Bertz CT molecular complexity index is 711. The third-order valence-corrected chi connectivity index (χ3v) is 4.28. The quantitative estimate of drug-likeness (QED) is 0.758. The Labute approximate surface area is 128 Å². The van der Waals surface area contributed by atoms with E-state index in [9.17, 15) is 8.42 Å². The molecule has 0 spiro atoms. The van der Waals surface area contributed by atoms with E-state index in [1.807, 2.05) is 31.2 Å². The molecule has 0 unspecified atom stereocenters. The van der Waals surface area contributed by atoms with Gasteiger partial charge in [-0.2, -0.15) is 0 Å². The minimum absolute atomic E-state index is 0.198. The average molecular weight is 330 g/mol. The van der Waals surface area contributed by atoms with Crippen molar-refractivity contribution in [1.29, 1.82) is 0 Å². The molecule has 0 aliphatic carbocycles. The van der Waals surface area contributed by atoms with Gasteiger partial charge in [0, 0.05) is 23.6 Å². The largest absolute Gasteiger partial charge is 0.497 e. The Kier molecular flexibility index (Phi) is 4.84. The lowest BCUT2D eigenvalue weighted by Gasteiger charge is -2.06. The van der Waals surface area contributed by atoms with Gasteiger partial charge in [0.2, 0.25) is 0 Å². The standard InChI is InChI=1S/C13H16ClN3O3S/c1-3-17-12(15-16-13(17)21(14,18)19)9-6-10-4-7-11(20-2)8-5-10/h4-5,7-8H,3,6,9H2,1-2H3. The second-order valence-corrected chi connectivity index (χ2v) is 6.89. The predicted molar refractivity (Wildman–Crippen MR) is 79.1 cm³/mol. The fraction of sp³-hybridized carbons (Fsp3) is 0.385. The molecule has 0 N–H and O–H groups in total. The molecule has 0 aliphatic heterocycles. The van der Waals surface area contributed by atoms with Gasteiger partial charge < -0.3 is 9.30 Å². The molecule has 2 aromatic rings. The second kappa shape index (κ2) is 6.44. The summed E-state index contributed by atoms with van der Waals surface area (Å²) in [5, 5.41) is 7.40. The van der Waals surface area contributed by atoms with Crippen LogP contribution in [0.3, 0.4) is 0 Å². The summed E-state index contributed by atoms with van der Waals surface area (Å²) in [5.74, 6) is 1.40. The first-order valence-electron chi connectivity index (χ1n) is 6.45. The number of nitrogens with zero attached hydrogens (tertiary/aromatic N) is 3. The van der Waals surface area contributed by atoms with Gasteiger partial charge in [-0.25, -0.2) is 8.42 Å². The minimum atomic E-state index is -3.87. The van der Waals surface area contributed by atoms with Crippen molar-refractivity contribution < 1.29 is 13.2 Å². The molecule has 21 heavy (non-hydrogen) atoms. The molecule has 1 heterocycles. The zero-order valence-electron chi connectivity index (χ0n) is 11.8. The van der Waals surface area contributed by atoms with Crippen molar-refractivity contribution in [3.05, 3.63) is 35.7 Å². The highest BCUT2D eigenvalue weighted by Crippen LogP contribution is 2.16. The van der Waals surface area contributed by atoms with Crippen LogP contribution in [-0.4, -0.2) is 30.3 Å². The van der Waals surface area contributed by atoms with Crippen molar-refractivity contribution in [2.75, 3.05) is 7.11 Å². The van der Waals surface area contributed by atoms with E-state index in [4.69, 9.17) is 15.4 Å². The highest BCUT2D eigenvalue weighted by atomic mass is 35.7. The van der Waals surface area contributed by atoms with Crippen molar-refractivity contribution in [3.63, 3.8) is 0 Å². The Morgan fingerprint density at radius 1 is 1.19 bits per heavy atom. The first-order valence-corrected chi connectivity index (χ1v) is 8.76. The molecule has 0 radical (unpaired) electrons. The second-order valence-electron chi connectivity index (χ2n) is 4.43. The molecule has 114 valence electrons. The number of rotatable bonds is 6. The molecule has 0 saturated heterocycles. The van der Waals surface area contributed by atoms with Crippen LogP contribution in [0.25, 0.3) is 0 Å². The third kappa shape index (κ3) is 3.74. The minimum Gasteiger partial charge on any atom is -0.497 e. The lowest BCUT2D eigenvalue weighted by atomic mass is 10.1. The summed E-state index contributed by atoms with van der Waals surface area (Å²) in [7, 11) is 3.09. The van der Waals surface area contributed by atoms with Crippen LogP contribution in [0.4, 0.5) is 0 Å². The molecule has 0 bridgehead atoms. The van der Waals surface area contributed by atoms with Crippen molar-refractivity contribution in [2.45, 2.75) is 31.5 Å². The number of aromatic nitrogens is 3. The summed E-state index contributed by atoms with van der Waals surface area (Å²) in [4.78, 5) is 0. The van der Waals surface area contributed by atoms with Crippen molar-refractivity contribution in [3.8, 4) is 5.75 Å². The highest BCUT2D eigenvalue weighted by molar-refractivity contribution is 8.13. The number of hydrogen-bond donors (Lipinski definition) is 0. The number of hydrogen-bond acceptors (Lipinski definition) is 5. The number of halogens is 1. The number of benzene rings is 1.